The van der Waals surface area contributed by atoms with Crippen LogP contribution in [-0.2, 0) is 9.59 Å². The minimum Gasteiger partial charge on any atom is -0.493 e. The number of ether oxygens (including phenoxy) is 3. The van der Waals surface area contributed by atoms with Gasteiger partial charge >= 0.3 is 0 Å². The topological polar surface area (TPSA) is 94.2 Å². The molecule has 1 N–H and O–H groups in total. The van der Waals surface area contributed by atoms with Gasteiger partial charge in [0, 0.05) is 11.8 Å². The van der Waals surface area contributed by atoms with Crippen molar-refractivity contribution in [3.05, 3.63) is 41.5 Å². The molecule has 29 heavy (non-hydrogen) atoms. The summed E-state index contributed by atoms with van der Waals surface area (Å²) in [6.07, 6.45) is 0. The molecule has 0 aliphatic carbocycles. The largest absolute Gasteiger partial charge is 0.493 e. The van der Waals surface area contributed by atoms with Gasteiger partial charge in [0.1, 0.15) is 6.04 Å². The van der Waals surface area contributed by atoms with Crippen LogP contribution < -0.4 is 24.4 Å². The van der Waals surface area contributed by atoms with Gasteiger partial charge < -0.3 is 19.5 Å². The fourth-order valence-corrected chi connectivity index (χ4v) is 3.26. The Kier molecular flexibility index (Phi) is 5.45. The minimum atomic E-state index is -0.947. The lowest BCUT2D eigenvalue weighted by Crippen LogP contribution is -2.45. The molecule has 1 atom stereocenters. The maximum Gasteiger partial charge on any atom is 0.300 e. The number of methoxy groups -OCH3 is 3. The van der Waals surface area contributed by atoms with Crippen molar-refractivity contribution in [1.82, 2.24) is 0 Å². The van der Waals surface area contributed by atoms with Crippen molar-refractivity contribution in [3.8, 4) is 17.2 Å². The van der Waals surface area contributed by atoms with Crippen molar-refractivity contribution < 1.29 is 28.6 Å². The Bertz CT molecular complexity index is 984. The second-order valence-electron chi connectivity index (χ2n) is 6.57. The number of amides is 2. The number of anilines is 2. The zero-order valence-electron chi connectivity index (χ0n) is 16.9. The summed E-state index contributed by atoms with van der Waals surface area (Å²) in [5.41, 5.74) is 1.93. The average Bonchev–Trinajstić information content (AvgIpc) is 2.97. The number of hydrogen-bond acceptors (Lipinski definition) is 6. The predicted octanol–water partition coefficient (Wildman–Crippen LogP) is 2.58. The van der Waals surface area contributed by atoms with E-state index in [9.17, 15) is 14.4 Å². The zero-order valence-corrected chi connectivity index (χ0v) is 16.9. The third-order valence-electron chi connectivity index (χ3n) is 4.79. The highest BCUT2D eigenvalue weighted by atomic mass is 16.5. The van der Waals surface area contributed by atoms with E-state index in [1.807, 2.05) is 19.1 Å². The molecule has 0 fully saturated rings. The van der Waals surface area contributed by atoms with Crippen molar-refractivity contribution in [3.63, 3.8) is 0 Å². The quantitative estimate of drug-likeness (QED) is 0.752. The number of aryl methyl sites for hydroxylation is 1. The van der Waals surface area contributed by atoms with E-state index in [0.29, 0.717) is 5.69 Å². The summed E-state index contributed by atoms with van der Waals surface area (Å²) in [6.45, 7) is 3.49. The molecule has 152 valence electrons. The molecular formula is C21H22N2O6. The van der Waals surface area contributed by atoms with Gasteiger partial charge in [-0.25, -0.2) is 0 Å². The van der Waals surface area contributed by atoms with E-state index in [2.05, 4.69) is 5.32 Å². The molecule has 1 aliphatic rings. The van der Waals surface area contributed by atoms with Crippen molar-refractivity contribution >= 4 is 29.0 Å². The van der Waals surface area contributed by atoms with Gasteiger partial charge in [0.05, 0.1) is 32.6 Å². The molecule has 0 radical (unpaired) electrons. The number of benzene rings is 2. The van der Waals surface area contributed by atoms with Crippen LogP contribution >= 0.6 is 0 Å². The first kappa shape index (κ1) is 20.2. The number of fused-ring (bicyclic) bond motifs is 1. The predicted molar refractivity (Wildman–Crippen MR) is 107 cm³/mol. The third-order valence-corrected chi connectivity index (χ3v) is 4.79. The highest BCUT2D eigenvalue weighted by Crippen LogP contribution is 2.48. The van der Waals surface area contributed by atoms with E-state index in [-0.39, 0.29) is 28.5 Å². The summed E-state index contributed by atoms with van der Waals surface area (Å²) in [4.78, 5) is 39.3. The van der Waals surface area contributed by atoms with Gasteiger partial charge in [0.2, 0.25) is 11.7 Å². The monoisotopic (exact) mass is 398 g/mol. The molecule has 8 heteroatoms. The molecule has 2 aromatic carbocycles. The van der Waals surface area contributed by atoms with Crippen LogP contribution in [0.25, 0.3) is 0 Å². The van der Waals surface area contributed by atoms with Crippen LogP contribution in [-0.4, -0.2) is 45.0 Å². The second kappa shape index (κ2) is 7.83. The minimum absolute atomic E-state index is 0.0464. The van der Waals surface area contributed by atoms with Crippen molar-refractivity contribution in [2.75, 3.05) is 31.5 Å². The molecule has 1 heterocycles. The fraction of sp³-hybridized carbons (Fsp3) is 0.286. The van der Waals surface area contributed by atoms with Gasteiger partial charge in [-0.2, -0.15) is 0 Å². The van der Waals surface area contributed by atoms with Crippen LogP contribution in [0.2, 0.25) is 0 Å². The van der Waals surface area contributed by atoms with Gasteiger partial charge in [-0.15, -0.1) is 0 Å². The molecule has 0 spiro atoms. The molecule has 0 saturated heterocycles. The van der Waals surface area contributed by atoms with Gasteiger partial charge in [-0.3, -0.25) is 19.3 Å². The number of carbonyl (C=O) groups excluding carboxylic acids is 3. The Morgan fingerprint density at radius 1 is 1.00 bits per heavy atom. The molecule has 1 unspecified atom stereocenters. The number of hydrogen-bond donors (Lipinski definition) is 1. The molecule has 1 aliphatic heterocycles. The molecule has 2 amide bonds. The average molecular weight is 398 g/mol. The standard InChI is InChI=1S/C21H22N2O6/c1-11-6-8-13(9-7-11)22-20(25)12(2)23-14-10-15(27-3)18(28-4)19(29-5)16(14)17(24)21(23)26/h6-10,12H,1-5H3,(H,22,25). The van der Waals surface area contributed by atoms with Crippen LogP contribution in [0.1, 0.15) is 22.8 Å². The second-order valence-corrected chi connectivity index (χ2v) is 6.57. The SMILES string of the molecule is COc1cc2c(c(OC)c1OC)C(=O)C(=O)N2C(C)C(=O)Nc1ccc(C)cc1. The third kappa shape index (κ3) is 3.37. The number of nitrogens with one attached hydrogen (secondary N) is 1. The lowest BCUT2D eigenvalue weighted by Gasteiger charge is -2.25. The van der Waals surface area contributed by atoms with Crippen LogP contribution in [0.4, 0.5) is 11.4 Å². The molecule has 0 saturated carbocycles. The summed E-state index contributed by atoms with van der Waals surface area (Å²) < 4.78 is 15.9. The van der Waals surface area contributed by atoms with E-state index in [0.717, 1.165) is 10.5 Å². The highest BCUT2D eigenvalue weighted by molar-refractivity contribution is 6.53. The Morgan fingerprint density at radius 3 is 2.17 bits per heavy atom. The van der Waals surface area contributed by atoms with E-state index >= 15 is 0 Å². The van der Waals surface area contributed by atoms with Gasteiger partial charge in [0.15, 0.2) is 11.5 Å². The smallest absolute Gasteiger partial charge is 0.300 e. The van der Waals surface area contributed by atoms with Crippen molar-refractivity contribution in [1.29, 1.82) is 0 Å². The maximum atomic E-state index is 12.8. The Labute approximate surface area is 168 Å². The lowest BCUT2D eigenvalue weighted by atomic mass is 10.1. The lowest BCUT2D eigenvalue weighted by molar-refractivity contribution is -0.120. The van der Waals surface area contributed by atoms with Gasteiger partial charge in [0.25, 0.3) is 11.7 Å². The Hall–Kier alpha value is -3.55. The van der Waals surface area contributed by atoms with Crippen molar-refractivity contribution in [2.24, 2.45) is 0 Å². The summed E-state index contributed by atoms with van der Waals surface area (Å²) in [6, 6.07) is 7.81. The summed E-state index contributed by atoms with van der Waals surface area (Å²) in [5.74, 6) is -1.45. The van der Waals surface area contributed by atoms with Gasteiger partial charge in [-0.1, -0.05) is 17.7 Å². The summed E-state index contributed by atoms with van der Waals surface area (Å²) in [7, 11) is 4.20. The summed E-state index contributed by atoms with van der Waals surface area (Å²) >= 11 is 0. The fourth-order valence-electron chi connectivity index (χ4n) is 3.26. The Balaban J connectivity index is 2.01. The molecule has 8 nitrogen and oxygen atoms in total. The van der Waals surface area contributed by atoms with Crippen LogP contribution in [0, 0.1) is 6.92 Å². The molecule has 3 rings (SSSR count). The first-order chi connectivity index (χ1) is 13.8. The van der Waals surface area contributed by atoms with E-state index < -0.39 is 23.6 Å². The zero-order chi connectivity index (χ0) is 21.3. The molecular weight excluding hydrogens is 376 g/mol. The maximum absolute atomic E-state index is 12.8. The first-order valence-corrected chi connectivity index (χ1v) is 8.92. The highest BCUT2D eigenvalue weighted by Gasteiger charge is 2.44. The van der Waals surface area contributed by atoms with E-state index in [4.69, 9.17) is 14.2 Å². The number of nitrogens with zero attached hydrogens (tertiary/aromatic N) is 1. The molecule has 2 aromatic rings. The van der Waals surface area contributed by atoms with Crippen LogP contribution in [0.15, 0.2) is 30.3 Å². The number of rotatable bonds is 6. The van der Waals surface area contributed by atoms with Crippen molar-refractivity contribution in [2.45, 2.75) is 19.9 Å². The summed E-state index contributed by atoms with van der Waals surface area (Å²) in [5, 5.41) is 2.76. The van der Waals surface area contributed by atoms with E-state index in [1.54, 1.807) is 19.1 Å². The molecule has 0 bridgehead atoms. The van der Waals surface area contributed by atoms with E-state index in [1.165, 1.54) is 27.4 Å². The number of Topliss-reactive ketones (excluding diaryl/α,β-unsaturated/α-hetero) is 1. The first-order valence-electron chi connectivity index (χ1n) is 8.92. The Morgan fingerprint density at radius 2 is 1.62 bits per heavy atom. The normalized spacial score (nSPS) is 13.8. The van der Waals surface area contributed by atoms with Crippen LogP contribution in [0.3, 0.4) is 0 Å². The van der Waals surface area contributed by atoms with Gasteiger partial charge in [-0.05, 0) is 26.0 Å². The number of ketones is 1. The molecule has 0 aromatic heterocycles. The van der Waals surface area contributed by atoms with Crippen LogP contribution in [0.5, 0.6) is 17.2 Å². The number of carbonyl (C=O) groups is 3.